The zero-order valence-corrected chi connectivity index (χ0v) is 7.91. The van der Waals surface area contributed by atoms with Gasteiger partial charge in [-0.15, -0.1) is 0 Å². The van der Waals surface area contributed by atoms with Gasteiger partial charge in [0, 0.05) is 13.8 Å². The topological polar surface area (TPSA) is 52.6 Å². The van der Waals surface area contributed by atoms with E-state index in [1.807, 2.05) is 0 Å². The maximum atomic E-state index is 10.7. The van der Waals surface area contributed by atoms with E-state index >= 15 is 0 Å². The van der Waals surface area contributed by atoms with Crippen molar-refractivity contribution in [2.24, 2.45) is 0 Å². The summed E-state index contributed by atoms with van der Waals surface area (Å²) in [7, 11) is 0. The molecule has 0 aromatic carbocycles. The summed E-state index contributed by atoms with van der Waals surface area (Å²) in [5.74, 6) is -0.631. The molecule has 1 rings (SSSR count). The molecule has 0 aromatic heterocycles. The van der Waals surface area contributed by atoms with Crippen molar-refractivity contribution in [2.45, 2.75) is 45.3 Å². The van der Waals surface area contributed by atoms with Crippen LogP contribution in [-0.2, 0) is 19.1 Å². The van der Waals surface area contributed by atoms with Crippen LogP contribution in [0.3, 0.4) is 0 Å². The van der Waals surface area contributed by atoms with Crippen LogP contribution in [0.25, 0.3) is 0 Å². The minimum Gasteiger partial charge on any atom is -0.459 e. The summed E-state index contributed by atoms with van der Waals surface area (Å²) in [5, 5.41) is 0. The first-order chi connectivity index (χ1) is 6.09. The van der Waals surface area contributed by atoms with Crippen LogP contribution in [0.2, 0.25) is 0 Å². The zero-order chi connectivity index (χ0) is 9.84. The van der Waals surface area contributed by atoms with E-state index in [0.29, 0.717) is 0 Å². The molecule has 0 radical (unpaired) electrons. The van der Waals surface area contributed by atoms with Crippen LogP contribution < -0.4 is 0 Å². The van der Waals surface area contributed by atoms with E-state index < -0.39 is 0 Å². The van der Waals surface area contributed by atoms with Crippen LogP contribution in [0, 0.1) is 0 Å². The van der Waals surface area contributed by atoms with E-state index in [0.717, 1.165) is 19.3 Å². The number of ether oxygens (including phenoxy) is 2. The highest BCUT2D eigenvalue weighted by Crippen LogP contribution is 2.25. The summed E-state index contributed by atoms with van der Waals surface area (Å²) in [5.41, 5.74) is 0. The first kappa shape index (κ1) is 10.0. The van der Waals surface area contributed by atoms with Crippen molar-refractivity contribution in [3.63, 3.8) is 0 Å². The molecule has 0 aromatic rings. The fourth-order valence-electron chi connectivity index (χ4n) is 1.59. The highest BCUT2D eigenvalue weighted by Gasteiger charge is 2.31. The van der Waals surface area contributed by atoms with Gasteiger partial charge in [0.1, 0.15) is 12.2 Å². The highest BCUT2D eigenvalue weighted by atomic mass is 16.6. The van der Waals surface area contributed by atoms with Gasteiger partial charge in [0.15, 0.2) is 0 Å². The largest absolute Gasteiger partial charge is 0.459 e. The molecular formula is C9H14O4. The lowest BCUT2D eigenvalue weighted by atomic mass is 10.2. The number of hydrogen-bond donors (Lipinski definition) is 0. The maximum absolute atomic E-state index is 10.7. The molecule has 1 fully saturated rings. The van der Waals surface area contributed by atoms with Gasteiger partial charge in [-0.2, -0.15) is 0 Å². The molecule has 4 heteroatoms. The molecule has 1 saturated carbocycles. The number of rotatable bonds is 2. The van der Waals surface area contributed by atoms with Crippen LogP contribution in [0.4, 0.5) is 0 Å². The van der Waals surface area contributed by atoms with Crippen molar-refractivity contribution in [1.29, 1.82) is 0 Å². The molecule has 13 heavy (non-hydrogen) atoms. The molecule has 0 saturated heterocycles. The van der Waals surface area contributed by atoms with Gasteiger partial charge in [-0.05, 0) is 19.3 Å². The average Bonchev–Trinajstić information content (AvgIpc) is 2.34. The Labute approximate surface area is 77.2 Å². The zero-order valence-electron chi connectivity index (χ0n) is 7.91. The predicted molar refractivity (Wildman–Crippen MR) is 45.0 cm³/mol. The number of hydrogen-bond acceptors (Lipinski definition) is 4. The summed E-state index contributed by atoms with van der Waals surface area (Å²) in [6.45, 7) is 2.73. The number of carbonyl (C=O) groups excluding carboxylic acids is 2. The Hall–Kier alpha value is -1.06. The molecule has 0 bridgehead atoms. The normalized spacial score (nSPS) is 26.9. The second kappa shape index (κ2) is 4.25. The average molecular weight is 186 g/mol. The monoisotopic (exact) mass is 186 g/mol. The van der Waals surface area contributed by atoms with Crippen molar-refractivity contribution < 1.29 is 19.1 Å². The molecule has 0 spiro atoms. The Kier molecular flexibility index (Phi) is 3.28. The maximum Gasteiger partial charge on any atom is 0.303 e. The first-order valence-electron chi connectivity index (χ1n) is 4.44. The van der Waals surface area contributed by atoms with E-state index in [1.165, 1.54) is 13.8 Å². The van der Waals surface area contributed by atoms with Crippen LogP contribution in [0.15, 0.2) is 0 Å². The smallest absolute Gasteiger partial charge is 0.303 e. The minimum absolute atomic E-state index is 0.235. The van der Waals surface area contributed by atoms with Gasteiger partial charge in [-0.3, -0.25) is 9.59 Å². The molecule has 74 valence electrons. The van der Waals surface area contributed by atoms with Gasteiger partial charge in [0.05, 0.1) is 0 Å². The van der Waals surface area contributed by atoms with Gasteiger partial charge in [-0.25, -0.2) is 0 Å². The van der Waals surface area contributed by atoms with Crippen molar-refractivity contribution in [1.82, 2.24) is 0 Å². The number of esters is 2. The van der Waals surface area contributed by atoms with Gasteiger partial charge < -0.3 is 9.47 Å². The Bertz CT molecular complexity index is 190. The van der Waals surface area contributed by atoms with Crippen molar-refractivity contribution in [3.8, 4) is 0 Å². The lowest BCUT2D eigenvalue weighted by molar-refractivity contribution is -0.162. The molecule has 0 amide bonds. The van der Waals surface area contributed by atoms with Crippen LogP contribution in [0.1, 0.15) is 33.1 Å². The minimum atomic E-state index is -0.316. The Balaban J connectivity index is 2.43. The van der Waals surface area contributed by atoms with Crippen LogP contribution in [-0.4, -0.2) is 24.1 Å². The number of carbonyl (C=O) groups is 2. The van der Waals surface area contributed by atoms with Gasteiger partial charge in [0.25, 0.3) is 0 Å². The third-order valence-corrected chi connectivity index (χ3v) is 2.03. The van der Waals surface area contributed by atoms with Crippen molar-refractivity contribution >= 4 is 11.9 Å². The van der Waals surface area contributed by atoms with E-state index in [4.69, 9.17) is 9.47 Å². The molecular weight excluding hydrogens is 172 g/mol. The fourth-order valence-corrected chi connectivity index (χ4v) is 1.59. The summed E-state index contributed by atoms with van der Waals surface area (Å²) in [6.07, 6.45) is 2.05. The van der Waals surface area contributed by atoms with E-state index in [-0.39, 0.29) is 24.1 Å². The Morgan fingerprint density at radius 3 is 1.69 bits per heavy atom. The Morgan fingerprint density at radius 1 is 1.00 bits per heavy atom. The lowest BCUT2D eigenvalue weighted by Gasteiger charge is -2.18. The summed E-state index contributed by atoms with van der Waals surface area (Å²) >= 11 is 0. The van der Waals surface area contributed by atoms with Crippen LogP contribution >= 0.6 is 0 Å². The van der Waals surface area contributed by atoms with Gasteiger partial charge >= 0.3 is 11.9 Å². The predicted octanol–water partition coefficient (Wildman–Crippen LogP) is 1.03. The van der Waals surface area contributed by atoms with Crippen LogP contribution in [0.5, 0.6) is 0 Å². The van der Waals surface area contributed by atoms with E-state index in [2.05, 4.69) is 0 Å². The molecule has 1 aliphatic carbocycles. The second-order valence-corrected chi connectivity index (χ2v) is 3.23. The molecule has 4 nitrogen and oxygen atoms in total. The molecule has 0 heterocycles. The quantitative estimate of drug-likeness (QED) is 0.604. The second-order valence-electron chi connectivity index (χ2n) is 3.23. The summed E-state index contributed by atoms with van der Waals surface area (Å²) in [6, 6.07) is 0. The summed E-state index contributed by atoms with van der Waals surface area (Å²) < 4.78 is 10.0. The highest BCUT2D eigenvalue weighted by molar-refractivity contribution is 5.67. The molecule has 1 unspecified atom stereocenters. The fraction of sp³-hybridized carbons (Fsp3) is 0.778. The molecule has 0 aliphatic heterocycles. The van der Waals surface area contributed by atoms with Gasteiger partial charge in [0.2, 0.25) is 0 Å². The molecule has 2 atom stereocenters. The third-order valence-electron chi connectivity index (χ3n) is 2.03. The standard InChI is InChI=1S/C9H14O4/c1-6(10)12-8-4-3-5-9(8)13-7(2)11/h8-9H,3-5H2,1-2H3/t8-,9?/m0/s1. The lowest BCUT2D eigenvalue weighted by Crippen LogP contribution is -2.29. The van der Waals surface area contributed by atoms with Crippen molar-refractivity contribution in [2.75, 3.05) is 0 Å². The van der Waals surface area contributed by atoms with E-state index in [1.54, 1.807) is 0 Å². The summed E-state index contributed by atoms with van der Waals surface area (Å²) in [4.78, 5) is 21.3. The molecule has 0 N–H and O–H groups in total. The molecule has 1 aliphatic rings. The Morgan fingerprint density at radius 2 is 1.38 bits per heavy atom. The first-order valence-corrected chi connectivity index (χ1v) is 4.44. The SMILES string of the molecule is CC(=O)OC1CCC[C@@H]1OC(C)=O. The van der Waals surface area contributed by atoms with Crippen molar-refractivity contribution in [3.05, 3.63) is 0 Å². The third kappa shape index (κ3) is 3.05. The van der Waals surface area contributed by atoms with Gasteiger partial charge in [-0.1, -0.05) is 0 Å². The van der Waals surface area contributed by atoms with E-state index in [9.17, 15) is 9.59 Å².